The lowest BCUT2D eigenvalue weighted by atomic mass is 9.97. The van der Waals surface area contributed by atoms with Gasteiger partial charge in [-0.05, 0) is 42.9 Å². The largest absolute Gasteiger partial charge is 0.472 e. The van der Waals surface area contributed by atoms with Gasteiger partial charge in [0.1, 0.15) is 6.61 Å². The van der Waals surface area contributed by atoms with E-state index in [1.54, 1.807) is 30.1 Å². The maximum atomic E-state index is 12.0. The quantitative estimate of drug-likeness (QED) is 0.445. The van der Waals surface area contributed by atoms with E-state index in [1.807, 2.05) is 37.6 Å². The molecule has 0 N–H and O–H groups in total. The molecular weight excluding hydrogens is 344 g/mol. The summed E-state index contributed by atoms with van der Waals surface area (Å²) in [6.07, 6.45) is 1.98. The van der Waals surface area contributed by atoms with Gasteiger partial charge in [0.05, 0.1) is 12.5 Å². The third kappa shape index (κ3) is 4.15. The second kappa shape index (κ2) is 8.30. The molecule has 0 saturated carbocycles. The molecule has 0 aliphatic carbocycles. The van der Waals surface area contributed by atoms with Crippen molar-refractivity contribution in [1.82, 2.24) is 4.98 Å². The van der Waals surface area contributed by atoms with E-state index in [2.05, 4.69) is 9.98 Å². The van der Waals surface area contributed by atoms with E-state index < -0.39 is 5.97 Å². The molecule has 0 radical (unpaired) electrons. The first kappa shape index (κ1) is 18.5. The molecule has 0 atom stereocenters. The smallest absolute Gasteiger partial charge is 0.356 e. The minimum atomic E-state index is -0.458. The summed E-state index contributed by atoms with van der Waals surface area (Å²) >= 11 is 3.12. The molecule has 1 aromatic heterocycles. The molecule has 0 aliphatic heterocycles. The van der Waals surface area contributed by atoms with Crippen molar-refractivity contribution in [3.63, 3.8) is 0 Å². The zero-order valence-corrected chi connectivity index (χ0v) is 16.0. The summed E-state index contributed by atoms with van der Waals surface area (Å²) in [4.78, 5) is 20.5. The number of carbonyl (C=O) groups is 1. The van der Waals surface area contributed by atoms with Gasteiger partial charge in [0.15, 0.2) is 10.1 Å². The number of rotatable bonds is 6. The highest BCUT2D eigenvalue weighted by Gasteiger charge is 2.19. The highest BCUT2D eigenvalue weighted by atomic mass is 32.2. The molecule has 0 saturated heterocycles. The van der Waals surface area contributed by atoms with Crippen LogP contribution in [0.1, 0.15) is 22.3 Å². The minimum absolute atomic E-state index is 0.294. The Hall–Kier alpha value is -1.86. The Labute approximate surface area is 150 Å². The van der Waals surface area contributed by atoms with Crippen LogP contribution in [-0.2, 0) is 16.1 Å². The van der Waals surface area contributed by atoms with Gasteiger partial charge in [-0.15, -0.1) is 11.3 Å². The highest BCUT2D eigenvalue weighted by Crippen LogP contribution is 2.25. The van der Waals surface area contributed by atoms with Crippen LogP contribution in [0, 0.1) is 13.8 Å². The number of hydrogen-bond acceptors (Lipinski definition) is 7. The fourth-order valence-corrected chi connectivity index (χ4v) is 3.36. The van der Waals surface area contributed by atoms with E-state index in [-0.39, 0.29) is 0 Å². The van der Waals surface area contributed by atoms with Crippen LogP contribution < -0.4 is 4.74 Å². The van der Waals surface area contributed by atoms with E-state index in [0.29, 0.717) is 18.2 Å². The lowest BCUT2D eigenvalue weighted by Crippen LogP contribution is -2.20. The predicted molar refractivity (Wildman–Crippen MR) is 98.6 cm³/mol. The number of methoxy groups -OCH3 is 1. The molecule has 0 spiro atoms. The van der Waals surface area contributed by atoms with Gasteiger partial charge in [0.25, 0.3) is 0 Å². The van der Waals surface area contributed by atoms with E-state index in [0.717, 1.165) is 26.6 Å². The fourth-order valence-electron chi connectivity index (χ4n) is 2.19. The fraction of sp³-hybridized carbons (Fsp3) is 0.353. The number of hydrogen-bond donors (Lipinski definition) is 0. The van der Waals surface area contributed by atoms with E-state index in [1.165, 1.54) is 7.11 Å². The Balaban J connectivity index is 2.33. The van der Waals surface area contributed by atoms with Gasteiger partial charge >= 0.3 is 5.97 Å². The molecule has 0 bridgehead atoms. The number of aliphatic imine (C=N–C) groups is 1. The average Bonchev–Trinajstić information content (AvgIpc) is 3.05. The molecule has 128 valence electrons. The number of thioether (sulfide) groups is 1. The van der Waals surface area contributed by atoms with Crippen LogP contribution in [0.4, 0.5) is 0 Å². The van der Waals surface area contributed by atoms with Crippen molar-refractivity contribution in [2.24, 2.45) is 4.99 Å². The number of benzene rings is 1. The average molecular weight is 364 g/mol. The summed E-state index contributed by atoms with van der Waals surface area (Å²) in [5.74, 6) is 0.127. The molecule has 2 aromatic rings. The van der Waals surface area contributed by atoms with Crippen molar-refractivity contribution >= 4 is 34.8 Å². The van der Waals surface area contributed by atoms with Gasteiger partial charge in [-0.1, -0.05) is 17.8 Å². The van der Waals surface area contributed by atoms with Crippen LogP contribution in [0.3, 0.4) is 0 Å². The summed E-state index contributed by atoms with van der Waals surface area (Å²) in [6.45, 7) is 4.33. The number of nitrogens with zero attached hydrogens (tertiary/aromatic N) is 2. The number of ether oxygens (including phenoxy) is 2. The molecule has 2 rings (SSSR count). The first-order valence-corrected chi connectivity index (χ1v) is 9.38. The Bertz CT molecular complexity index is 769. The van der Waals surface area contributed by atoms with Gasteiger partial charge in [-0.2, -0.15) is 4.98 Å². The molecule has 0 unspecified atom stereocenters. The monoisotopic (exact) mass is 364 g/mol. The van der Waals surface area contributed by atoms with Gasteiger partial charge < -0.3 is 9.47 Å². The predicted octanol–water partition coefficient (Wildman–Crippen LogP) is 3.65. The van der Waals surface area contributed by atoms with Crippen molar-refractivity contribution < 1.29 is 14.3 Å². The van der Waals surface area contributed by atoms with Crippen molar-refractivity contribution in [1.29, 1.82) is 0 Å². The molecule has 0 aliphatic rings. The summed E-state index contributed by atoms with van der Waals surface area (Å²) < 4.78 is 11.6. The second-order valence-corrected chi connectivity index (χ2v) is 7.01. The maximum Gasteiger partial charge on any atom is 0.356 e. The Morgan fingerprint density at radius 3 is 2.62 bits per heavy atom. The minimum Gasteiger partial charge on any atom is -0.472 e. The van der Waals surface area contributed by atoms with Crippen molar-refractivity contribution in [2.45, 2.75) is 24.8 Å². The third-order valence-electron chi connectivity index (χ3n) is 3.59. The number of thiazole rings is 1. The van der Waals surface area contributed by atoms with Crippen LogP contribution >= 0.6 is 23.1 Å². The molecule has 0 amide bonds. The van der Waals surface area contributed by atoms with E-state index in [4.69, 9.17) is 9.47 Å². The van der Waals surface area contributed by atoms with Gasteiger partial charge in [0, 0.05) is 12.6 Å². The summed E-state index contributed by atoms with van der Waals surface area (Å²) in [6, 6.07) is 3.96. The Kier molecular flexibility index (Phi) is 6.39. The summed E-state index contributed by atoms with van der Waals surface area (Å²) in [5, 5.41) is 1.88. The first-order chi connectivity index (χ1) is 11.5. The topological polar surface area (TPSA) is 60.8 Å². The lowest BCUT2D eigenvalue weighted by molar-refractivity contribution is -0.132. The molecule has 1 heterocycles. The second-order valence-electron chi connectivity index (χ2n) is 5.10. The number of esters is 1. The van der Waals surface area contributed by atoms with Crippen LogP contribution in [0.15, 0.2) is 26.8 Å². The molecule has 1 aromatic carbocycles. The summed E-state index contributed by atoms with van der Waals surface area (Å²) in [5.41, 5.74) is 4.11. The van der Waals surface area contributed by atoms with E-state index >= 15 is 0 Å². The molecule has 7 heteroatoms. The highest BCUT2D eigenvalue weighted by molar-refractivity contribution is 8.00. The zero-order chi connectivity index (χ0) is 17.7. The van der Waals surface area contributed by atoms with Gasteiger partial charge in [-0.25, -0.2) is 4.79 Å². The van der Waals surface area contributed by atoms with Crippen LogP contribution in [-0.4, -0.2) is 37.1 Å². The zero-order valence-electron chi connectivity index (χ0n) is 14.4. The third-order valence-corrected chi connectivity index (χ3v) is 5.43. The SMILES string of the molecule is C/N=C(/C(=O)OC)c1cc(C)c(C)cc1COc1csc(SC)n1. The molecule has 0 fully saturated rings. The van der Waals surface area contributed by atoms with E-state index in [9.17, 15) is 4.79 Å². The molecule has 5 nitrogen and oxygen atoms in total. The Morgan fingerprint density at radius 2 is 2.04 bits per heavy atom. The molecular formula is C17H20N2O3S2. The van der Waals surface area contributed by atoms with Crippen LogP contribution in [0.2, 0.25) is 0 Å². The van der Waals surface area contributed by atoms with Crippen LogP contribution in [0.5, 0.6) is 5.88 Å². The van der Waals surface area contributed by atoms with Gasteiger partial charge in [-0.3, -0.25) is 4.99 Å². The van der Waals surface area contributed by atoms with Crippen molar-refractivity contribution in [3.05, 3.63) is 39.8 Å². The van der Waals surface area contributed by atoms with Crippen molar-refractivity contribution in [2.75, 3.05) is 20.4 Å². The summed E-state index contributed by atoms with van der Waals surface area (Å²) in [7, 11) is 2.93. The number of aromatic nitrogens is 1. The molecule has 24 heavy (non-hydrogen) atoms. The number of aryl methyl sites for hydroxylation is 2. The van der Waals surface area contributed by atoms with Crippen molar-refractivity contribution in [3.8, 4) is 5.88 Å². The first-order valence-electron chi connectivity index (χ1n) is 7.28. The lowest BCUT2D eigenvalue weighted by Gasteiger charge is -2.14. The Morgan fingerprint density at radius 1 is 1.33 bits per heavy atom. The van der Waals surface area contributed by atoms with Crippen LogP contribution in [0.25, 0.3) is 0 Å². The normalized spacial score (nSPS) is 11.5. The van der Waals surface area contributed by atoms with Gasteiger partial charge in [0.2, 0.25) is 5.88 Å². The maximum absolute atomic E-state index is 12.0. The number of carbonyl (C=O) groups excluding carboxylic acids is 1. The standard InChI is InChI=1S/C17H20N2O3S2/c1-10-6-12(8-22-14-9-24-17(19-14)23-5)13(7-11(10)2)15(18-3)16(20)21-4/h6-7,9H,8H2,1-5H3/b18-15+.